The molecule has 0 bridgehead atoms. The molecule has 3 rings (SSSR count). The monoisotopic (exact) mass is 261 g/mol. The fourth-order valence-electron chi connectivity index (χ4n) is 2.50. The smallest absolute Gasteiger partial charge is 0.0701 e. The molecule has 1 atom stereocenters. The lowest BCUT2D eigenvalue weighted by Gasteiger charge is -2.20. The Hall–Kier alpha value is -2.28. The molecular weight excluding hydrogens is 242 g/mol. The van der Waals surface area contributed by atoms with E-state index in [1.54, 1.807) is 0 Å². The van der Waals surface area contributed by atoms with Crippen LogP contribution in [-0.2, 0) is 0 Å². The first kappa shape index (κ1) is 12.7. The van der Waals surface area contributed by atoms with Gasteiger partial charge in [0, 0.05) is 0 Å². The minimum atomic E-state index is 0.245. The number of hydrogen-bond donors (Lipinski definition) is 1. The molecule has 1 N–H and O–H groups in total. The molecule has 0 radical (unpaired) electrons. The minimum absolute atomic E-state index is 0.245. The van der Waals surface area contributed by atoms with Crippen molar-refractivity contribution in [1.29, 1.82) is 0 Å². The van der Waals surface area contributed by atoms with Gasteiger partial charge in [0.15, 0.2) is 0 Å². The maximum atomic E-state index is 3.42. The van der Waals surface area contributed by atoms with E-state index in [0.29, 0.717) is 0 Å². The maximum absolute atomic E-state index is 3.42. The van der Waals surface area contributed by atoms with Gasteiger partial charge in [0.25, 0.3) is 0 Å². The highest BCUT2D eigenvalue weighted by atomic mass is 14.9. The number of dihydropyridines is 1. The summed E-state index contributed by atoms with van der Waals surface area (Å²) in [7, 11) is 0. The molecule has 0 spiro atoms. The highest BCUT2D eigenvalue weighted by molar-refractivity contribution is 5.75. The Balaban J connectivity index is 1.94. The highest BCUT2D eigenvalue weighted by Crippen LogP contribution is 2.26. The summed E-state index contributed by atoms with van der Waals surface area (Å²) in [6.07, 6.45) is 6.47. The van der Waals surface area contributed by atoms with Crippen LogP contribution >= 0.6 is 0 Å². The summed E-state index contributed by atoms with van der Waals surface area (Å²) in [4.78, 5) is 0. The van der Waals surface area contributed by atoms with Gasteiger partial charge in [0.05, 0.1) is 6.04 Å². The topological polar surface area (TPSA) is 12.0 Å². The zero-order chi connectivity index (χ0) is 13.9. The number of allylic oxidation sites excluding steroid dienone is 2. The first-order valence-electron chi connectivity index (χ1n) is 7.01. The van der Waals surface area contributed by atoms with Crippen molar-refractivity contribution < 1.29 is 0 Å². The van der Waals surface area contributed by atoms with Gasteiger partial charge in [-0.3, -0.25) is 0 Å². The Morgan fingerprint density at radius 3 is 2.45 bits per heavy atom. The summed E-state index contributed by atoms with van der Waals surface area (Å²) in [5, 5.41) is 3.42. The van der Waals surface area contributed by atoms with Crippen molar-refractivity contribution in [1.82, 2.24) is 5.32 Å². The molecule has 0 aromatic heterocycles. The Kier molecular flexibility index (Phi) is 3.42. The van der Waals surface area contributed by atoms with E-state index in [9.17, 15) is 0 Å². The van der Waals surface area contributed by atoms with Crippen LogP contribution in [0, 0.1) is 13.8 Å². The molecule has 1 heteroatoms. The van der Waals surface area contributed by atoms with Crippen LogP contribution in [-0.4, -0.2) is 0 Å². The normalized spacial score (nSPS) is 17.5. The number of benzene rings is 2. The average molecular weight is 261 g/mol. The molecule has 0 aliphatic carbocycles. The second kappa shape index (κ2) is 5.38. The average Bonchev–Trinajstić information content (AvgIpc) is 2.51. The lowest BCUT2D eigenvalue weighted by molar-refractivity contribution is 0.748. The first-order valence-corrected chi connectivity index (χ1v) is 7.01. The molecule has 1 heterocycles. The van der Waals surface area contributed by atoms with Crippen molar-refractivity contribution in [3.05, 3.63) is 89.1 Å². The quantitative estimate of drug-likeness (QED) is 0.836. The van der Waals surface area contributed by atoms with Gasteiger partial charge in [-0.2, -0.15) is 0 Å². The number of aryl methyl sites for hydroxylation is 2. The minimum Gasteiger partial charge on any atom is -0.381 e. The van der Waals surface area contributed by atoms with Gasteiger partial charge in [-0.1, -0.05) is 48.5 Å². The summed E-state index contributed by atoms with van der Waals surface area (Å²) in [6.45, 7) is 4.32. The molecule has 2 aromatic rings. The van der Waals surface area contributed by atoms with Crippen molar-refractivity contribution >= 4 is 5.57 Å². The fourth-order valence-corrected chi connectivity index (χ4v) is 2.50. The second-order valence-electron chi connectivity index (χ2n) is 5.31. The molecule has 100 valence electrons. The van der Waals surface area contributed by atoms with E-state index < -0.39 is 0 Å². The van der Waals surface area contributed by atoms with Crippen LogP contribution in [0.1, 0.15) is 28.3 Å². The fraction of sp³-hybridized carbons (Fsp3) is 0.158. The zero-order valence-electron chi connectivity index (χ0n) is 11.9. The molecular formula is C19H19N. The van der Waals surface area contributed by atoms with Crippen LogP contribution in [0.15, 0.2) is 66.9 Å². The highest BCUT2D eigenvalue weighted by Gasteiger charge is 2.12. The third kappa shape index (κ3) is 2.53. The summed E-state index contributed by atoms with van der Waals surface area (Å²) < 4.78 is 0. The van der Waals surface area contributed by atoms with Gasteiger partial charge < -0.3 is 5.32 Å². The van der Waals surface area contributed by atoms with E-state index >= 15 is 0 Å². The van der Waals surface area contributed by atoms with E-state index in [1.807, 2.05) is 6.20 Å². The van der Waals surface area contributed by atoms with Gasteiger partial charge in [-0.05, 0) is 60.0 Å². The molecule has 20 heavy (non-hydrogen) atoms. The molecule has 0 amide bonds. The van der Waals surface area contributed by atoms with Crippen LogP contribution in [0.3, 0.4) is 0 Å². The van der Waals surface area contributed by atoms with Gasteiger partial charge in [-0.25, -0.2) is 0 Å². The molecule has 1 aliphatic heterocycles. The van der Waals surface area contributed by atoms with Crippen LogP contribution in [0.5, 0.6) is 0 Å². The summed E-state index contributed by atoms with van der Waals surface area (Å²) in [5.74, 6) is 0. The molecule has 1 nitrogen and oxygen atoms in total. The van der Waals surface area contributed by atoms with E-state index in [4.69, 9.17) is 0 Å². The molecule has 0 fully saturated rings. The third-order valence-corrected chi connectivity index (χ3v) is 3.88. The Bertz CT molecular complexity index is 665. The zero-order valence-corrected chi connectivity index (χ0v) is 11.9. The van der Waals surface area contributed by atoms with Gasteiger partial charge in [-0.15, -0.1) is 0 Å². The van der Waals surface area contributed by atoms with E-state index in [0.717, 1.165) is 0 Å². The number of hydrogen-bond acceptors (Lipinski definition) is 1. The Morgan fingerprint density at radius 2 is 1.70 bits per heavy atom. The molecule has 1 unspecified atom stereocenters. The van der Waals surface area contributed by atoms with E-state index in [2.05, 4.69) is 79.8 Å². The number of nitrogens with one attached hydrogen (secondary N) is 1. The standard InChI is InChI=1S/C19H19N/c1-14-8-9-18(12-15(14)2)19-13-17(10-11-20-19)16-6-4-3-5-7-16/h3-13,19-20H,1-2H3. The molecule has 1 aliphatic rings. The van der Waals surface area contributed by atoms with Crippen LogP contribution < -0.4 is 5.32 Å². The lowest BCUT2D eigenvalue weighted by Crippen LogP contribution is -2.16. The van der Waals surface area contributed by atoms with Crippen LogP contribution in [0.4, 0.5) is 0 Å². The summed E-state index contributed by atoms with van der Waals surface area (Å²) in [5.41, 5.74) is 6.53. The van der Waals surface area contributed by atoms with Crippen molar-refractivity contribution in [2.45, 2.75) is 19.9 Å². The SMILES string of the molecule is Cc1ccc(C2C=C(c3ccccc3)C=CN2)cc1C. The Morgan fingerprint density at radius 1 is 0.900 bits per heavy atom. The molecule has 0 saturated heterocycles. The van der Waals surface area contributed by atoms with Crippen LogP contribution in [0.2, 0.25) is 0 Å². The van der Waals surface area contributed by atoms with E-state index in [1.165, 1.54) is 27.8 Å². The van der Waals surface area contributed by atoms with Crippen molar-refractivity contribution in [3.8, 4) is 0 Å². The first-order chi connectivity index (χ1) is 9.74. The summed E-state index contributed by atoms with van der Waals surface area (Å²) >= 11 is 0. The predicted octanol–water partition coefficient (Wildman–Crippen LogP) is 4.55. The largest absolute Gasteiger partial charge is 0.381 e. The van der Waals surface area contributed by atoms with Crippen molar-refractivity contribution in [2.24, 2.45) is 0 Å². The van der Waals surface area contributed by atoms with Gasteiger partial charge in [0.2, 0.25) is 0 Å². The van der Waals surface area contributed by atoms with Crippen LogP contribution in [0.25, 0.3) is 5.57 Å². The van der Waals surface area contributed by atoms with Gasteiger partial charge in [0.1, 0.15) is 0 Å². The third-order valence-electron chi connectivity index (χ3n) is 3.88. The molecule has 0 saturated carbocycles. The predicted molar refractivity (Wildman–Crippen MR) is 85.4 cm³/mol. The molecule has 2 aromatic carbocycles. The lowest BCUT2D eigenvalue weighted by atomic mass is 9.95. The summed E-state index contributed by atoms with van der Waals surface area (Å²) in [6, 6.07) is 17.4. The number of rotatable bonds is 2. The maximum Gasteiger partial charge on any atom is 0.0701 e. The van der Waals surface area contributed by atoms with Crippen molar-refractivity contribution in [2.75, 3.05) is 0 Å². The Labute approximate surface area is 120 Å². The van der Waals surface area contributed by atoms with Gasteiger partial charge >= 0.3 is 0 Å². The second-order valence-corrected chi connectivity index (χ2v) is 5.31. The van der Waals surface area contributed by atoms with Crippen molar-refractivity contribution in [3.63, 3.8) is 0 Å². The van der Waals surface area contributed by atoms with E-state index in [-0.39, 0.29) is 6.04 Å².